The summed E-state index contributed by atoms with van der Waals surface area (Å²) >= 11 is 1.05. The molecule has 8 heteroatoms. The Kier molecular flexibility index (Phi) is 4.29. The zero-order valence-electron chi connectivity index (χ0n) is 11.0. The molecular weight excluding hydrogens is 315 g/mol. The van der Waals surface area contributed by atoms with Crippen molar-refractivity contribution in [1.29, 1.82) is 0 Å². The van der Waals surface area contributed by atoms with Gasteiger partial charge in [-0.2, -0.15) is 0 Å². The van der Waals surface area contributed by atoms with E-state index in [9.17, 15) is 17.6 Å². The lowest BCUT2D eigenvalue weighted by molar-refractivity contribution is -0.115. The van der Waals surface area contributed by atoms with E-state index in [0.717, 1.165) is 17.4 Å². The van der Waals surface area contributed by atoms with Crippen LogP contribution in [0.3, 0.4) is 0 Å². The van der Waals surface area contributed by atoms with Crippen molar-refractivity contribution in [2.24, 2.45) is 0 Å². The van der Waals surface area contributed by atoms with Gasteiger partial charge in [-0.15, -0.1) is 11.3 Å². The zero-order chi connectivity index (χ0) is 15.6. The van der Waals surface area contributed by atoms with Gasteiger partial charge < -0.3 is 11.1 Å². The predicted octanol–water partition coefficient (Wildman–Crippen LogP) is 2.27. The quantitative estimate of drug-likeness (QED) is 0.843. The van der Waals surface area contributed by atoms with Gasteiger partial charge in [-0.3, -0.25) is 4.79 Å². The number of thiophene rings is 1. The second kappa shape index (κ2) is 5.82. The van der Waals surface area contributed by atoms with Crippen molar-refractivity contribution >= 4 is 38.5 Å². The SMILES string of the molecule is CC(C(=O)Nc1ccc(F)c(N)c1)S(=O)(=O)c1cccs1. The zero-order valence-corrected chi connectivity index (χ0v) is 12.7. The van der Waals surface area contributed by atoms with Gasteiger partial charge in [0.2, 0.25) is 5.91 Å². The third-order valence-corrected chi connectivity index (χ3v) is 6.36. The molecule has 1 amide bonds. The van der Waals surface area contributed by atoms with Crippen LogP contribution in [0.4, 0.5) is 15.8 Å². The molecule has 0 aliphatic carbocycles. The fraction of sp³-hybridized carbons (Fsp3) is 0.154. The highest BCUT2D eigenvalue weighted by molar-refractivity contribution is 7.94. The molecule has 0 radical (unpaired) electrons. The lowest BCUT2D eigenvalue weighted by Gasteiger charge is -2.12. The van der Waals surface area contributed by atoms with E-state index in [1.807, 2.05) is 0 Å². The first-order valence-electron chi connectivity index (χ1n) is 5.95. The first-order valence-corrected chi connectivity index (χ1v) is 8.38. The van der Waals surface area contributed by atoms with Gasteiger partial charge >= 0.3 is 0 Å². The molecule has 0 saturated carbocycles. The number of carbonyl (C=O) groups is 1. The molecular formula is C13H13FN2O3S2. The molecule has 0 saturated heterocycles. The van der Waals surface area contributed by atoms with Gasteiger partial charge in [-0.25, -0.2) is 12.8 Å². The predicted molar refractivity (Wildman–Crippen MR) is 80.4 cm³/mol. The average molecular weight is 328 g/mol. The van der Waals surface area contributed by atoms with Crippen LogP contribution in [0, 0.1) is 5.82 Å². The number of carbonyl (C=O) groups excluding carboxylic acids is 1. The summed E-state index contributed by atoms with van der Waals surface area (Å²) in [6, 6.07) is 6.69. The van der Waals surface area contributed by atoms with Crippen LogP contribution >= 0.6 is 11.3 Å². The number of nitrogens with one attached hydrogen (secondary N) is 1. The summed E-state index contributed by atoms with van der Waals surface area (Å²) in [6.07, 6.45) is 0. The Morgan fingerprint density at radius 2 is 2.10 bits per heavy atom. The number of halogens is 1. The monoisotopic (exact) mass is 328 g/mol. The second-order valence-corrected chi connectivity index (χ2v) is 7.79. The number of anilines is 2. The van der Waals surface area contributed by atoms with Crippen molar-refractivity contribution in [2.45, 2.75) is 16.4 Å². The van der Waals surface area contributed by atoms with Crippen LogP contribution in [0.1, 0.15) is 6.92 Å². The smallest absolute Gasteiger partial charge is 0.242 e. The van der Waals surface area contributed by atoms with Crippen molar-refractivity contribution in [3.8, 4) is 0 Å². The Bertz CT molecular complexity index is 758. The highest BCUT2D eigenvalue weighted by Gasteiger charge is 2.30. The van der Waals surface area contributed by atoms with Crippen LogP contribution in [0.2, 0.25) is 0 Å². The van der Waals surface area contributed by atoms with E-state index in [-0.39, 0.29) is 15.6 Å². The summed E-state index contributed by atoms with van der Waals surface area (Å²) in [4.78, 5) is 12.0. The molecule has 0 spiro atoms. The molecule has 21 heavy (non-hydrogen) atoms. The van der Waals surface area contributed by atoms with Gasteiger partial charge in [0.1, 0.15) is 15.3 Å². The lowest BCUT2D eigenvalue weighted by Crippen LogP contribution is -2.32. The van der Waals surface area contributed by atoms with E-state index in [0.29, 0.717) is 0 Å². The Hall–Kier alpha value is -1.93. The molecule has 1 unspecified atom stereocenters. The number of nitrogens with two attached hydrogens (primary N) is 1. The third kappa shape index (κ3) is 3.22. The van der Waals surface area contributed by atoms with E-state index >= 15 is 0 Å². The number of amides is 1. The molecule has 1 heterocycles. The van der Waals surface area contributed by atoms with Gasteiger partial charge in [0.25, 0.3) is 0 Å². The van der Waals surface area contributed by atoms with Gasteiger partial charge in [0, 0.05) is 5.69 Å². The van der Waals surface area contributed by atoms with E-state index < -0.39 is 26.8 Å². The fourth-order valence-electron chi connectivity index (χ4n) is 1.61. The van der Waals surface area contributed by atoms with Gasteiger partial charge in [0.15, 0.2) is 9.84 Å². The molecule has 5 nitrogen and oxygen atoms in total. The van der Waals surface area contributed by atoms with Crippen molar-refractivity contribution in [3.63, 3.8) is 0 Å². The molecule has 1 atom stereocenters. The van der Waals surface area contributed by atoms with Crippen LogP contribution in [0.15, 0.2) is 39.9 Å². The minimum absolute atomic E-state index is 0.124. The second-order valence-electron chi connectivity index (χ2n) is 4.34. The number of nitrogen functional groups attached to an aromatic ring is 1. The first-order chi connectivity index (χ1) is 9.82. The largest absolute Gasteiger partial charge is 0.396 e. The highest BCUT2D eigenvalue weighted by atomic mass is 32.2. The normalized spacial score (nSPS) is 12.9. The van der Waals surface area contributed by atoms with Crippen LogP contribution in [0.25, 0.3) is 0 Å². The Balaban J connectivity index is 2.18. The van der Waals surface area contributed by atoms with Gasteiger partial charge in [-0.05, 0) is 36.6 Å². The number of hydrogen-bond acceptors (Lipinski definition) is 5. The van der Waals surface area contributed by atoms with E-state index in [2.05, 4.69) is 5.32 Å². The Labute approximate surface area is 125 Å². The Morgan fingerprint density at radius 1 is 1.38 bits per heavy atom. The van der Waals surface area contributed by atoms with Crippen LogP contribution in [0.5, 0.6) is 0 Å². The van der Waals surface area contributed by atoms with Crippen LogP contribution in [-0.2, 0) is 14.6 Å². The van der Waals surface area contributed by atoms with Crippen LogP contribution in [-0.4, -0.2) is 19.6 Å². The molecule has 1 aromatic carbocycles. The average Bonchev–Trinajstić information content (AvgIpc) is 2.96. The molecule has 2 aromatic rings. The maximum atomic E-state index is 13.0. The van der Waals surface area contributed by atoms with Crippen molar-refractivity contribution < 1.29 is 17.6 Å². The summed E-state index contributed by atoms with van der Waals surface area (Å²) in [6.45, 7) is 1.30. The van der Waals surface area contributed by atoms with E-state index in [1.54, 1.807) is 11.4 Å². The fourth-order valence-corrected chi connectivity index (χ4v) is 4.15. The molecule has 0 aliphatic heterocycles. The molecule has 1 aromatic heterocycles. The molecule has 0 bridgehead atoms. The maximum absolute atomic E-state index is 13.0. The topological polar surface area (TPSA) is 89.3 Å². The minimum Gasteiger partial charge on any atom is -0.396 e. The molecule has 0 aliphatic rings. The molecule has 3 N–H and O–H groups in total. The summed E-state index contributed by atoms with van der Waals surface area (Å²) in [7, 11) is -3.73. The number of rotatable bonds is 4. The minimum atomic E-state index is -3.73. The van der Waals surface area contributed by atoms with E-state index in [1.165, 1.54) is 25.1 Å². The number of hydrogen-bond donors (Lipinski definition) is 2. The summed E-state index contributed by atoms with van der Waals surface area (Å²) in [5.41, 5.74) is 5.51. The Morgan fingerprint density at radius 3 is 2.67 bits per heavy atom. The maximum Gasteiger partial charge on any atom is 0.242 e. The summed E-state index contributed by atoms with van der Waals surface area (Å²) in [5.74, 6) is -1.30. The van der Waals surface area contributed by atoms with Gasteiger partial charge in [0.05, 0.1) is 5.69 Å². The number of sulfone groups is 1. The first kappa shape index (κ1) is 15.5. The standard InChI is InChI=1S/C13H13FN2O3S2/c1-8(21(18,19)12-3-2-6-20-12)13(17)16-9-4-5-10(14)11(15)7-9/h2-8H,15H2,1H3,(H,16,17). The van der Waals surface area contributed by atoms with Crippen LogP contribution < -0.4 is 11.1 Å². The molecule has 2 rings (SSSR count). The van der Waals surface area contributed by atoms with Crippen molar-refractivity contribution in [2.75, 3.05) is 11.1 Å². The number of benzene rings is 1. The highest BCUT2D eigenvalue weighted by Crippen LogP contribution is 2.23. The van der Waals surface area contributed by atoms with Crippen molar-refractivity contribution in [3.05, 3.63) is 41.5 Å². The van der Waals surface area contributed by atoms with Crippen molar-refractivity contribution in [1.82, 2.24) is 0 Å². The summed E-state index contributed by atoms with van der Waals surface area (Å²) in [5, 5.41) is 2.78. The summed E-state index contributed by atoms with van der Waals surface area (Å²) < 4.78 is 37.6. The lowest BCUT2D eigenvalue weighted by atomic mass is 10.2. The molecule has 112 valence electrons. The molecule has 0 fully saturated rings. The van der Waals surface area contributed by atoms with Gasteiger partial charge in [-0.1, -0.05) is 6.07 Å². The van der Waals surface area contributed by atoms with E-state index in [4.69, 9.17) is 5.73 Å². The third-order valence-electron chi connectivity index (χ3n) is 2.87.